The highest BCUT2D eigenvalue weighted by molar-refractivity contribution is 6.31. The van der Waals surface area contributed by atoms with Crippen LogP contribution in [0.25, 0.3) is 11.0 Å². The van der Waals surface area contributed by atoms with Gasteiger partial charge in [-0.1, -0.05) is 41.9 Å². The minimum absolute atomic E-state index is 0.126. The largest absolute Gasteiger partial charge is 0.389 e. The molecule has 0 aliphatic rings. The first-order valence-corrected chi connectivity index (χ1v) is 8.09. The average Bonchev–Trinajstić information content (AvgIpc) is 2.82. The van der Waals surface area contributed by atoms with E-state index in [9.17, 15) is 9.90 Å². The number of aliphatic hydroxyl groups excluding tert-OH is 1. The van der Waals surface area contributed by atoms with E-state index in [-0.39, 0.29) is 18.8 Å². The van der Waals surface area contributed by atoms with Crippen molar-refractivity contribution < 1.29 is 9.84 Å². The molecule has 1 atom stereocenters. The zero-order valence-electron chi connectivity index (χ0n) is 13.4. The number of aliphatic hydroxyl groups is 1. The molecule has 2 aromatic carbocycles. The first-order valence-electron chi connectivity index (χ1n) is 7.71. The van der Waals surface area contributed by atoms with Crippen LogP contribution in [0.1, 0.15) is 5.56 Å². The minimum atomic E-state index is -0.781. The molecule has 0 saturated heterocycles. The summed E-state index contributed by atoms with van der Waals surface area (Å²) in [6.07, 6.45) is -0.781. The molecule has 126 valence electrons. The molecule has 0 bridgehead atoms. The Hall–Kier alpha value is -2.08. The number of benzene rings is 2. The van der Waals surface area contributed by atoms with Gasteiger partial charge in [-0.3, -0.25) is 9.13 Å². The molecule has 0 amide bonds. The molecule has 1 aromatic heterocycles. The van der Waals surface area contributed by atoms with E-state index in [0.29, 0.717) is 11.6 Å². The lowest BCUT2D eigenvalue weighted by Gasteiger charge is -2.12. The molecule has 0 aliphatic carbocycles. The summed E-state index contributed by atoms with van der Waals surface area (Å²) in [7, 11) is 1.72. The van der Waals surface area contributed by atoms with Crippen LogP contribution in [-0.4, -0.2) is 27.0 Å². The average molecular weight is 347 g/mol. The van der Waals surface area contributed by atoms with Gasteiger partial charge in [0.15, 0.2) is 0 Å². The quantitative estimate of drug-likeness (QED) is 0.746. The van der Waals surface area contributed by atoms with Crippen molar-refractivity contribution in [1.29, 1.82) is 0 Å². The Kier molecular flexibility index (Phi) is 5.04. The highest BCUT2D eigenvalue weighted by atomic mass is 35.5. The Labute approximate surface area is 144 Å². The number of halogens is 1. The molecular formula is C18H19ClN2O3. The summed E-state index contributed by atoms with van der Waals surface area (Å²) in [5, 5.41) is 10.9. The normalized spacial score (nSPS) is 12.6. The maximum absolute atomic E-state index is 12.3. The second-order valence-corrected chi connectivity index (χ2v) is 6.11. The lowest BCUT2D eigenvalue weighted by atomic mass is 10.2. The fourth-order valence-electron chi connectivity index (χ4n) is 2.72. The van der Waals surface area contributed by atoms with Crippen LogP contribution in [-0.2, 0) is 24.9 Å². The Morgan fingerprint density at radius 2 is 1.79 bits per heavy atom. The number of para-hydroxylation sites is 2. The number of imidazole rings is 1. The fraction of sp³-hybridized carbons (Fsp3) is 0.278. The maximum Gasteiger partial charge on any atom is 0.328 e. The van der Waals surface area contributed by atoms with Crippen molar-refractivity contribution in [3.8, 4) is 0 Å². The summed E-state index contributed by atoms with van der Waals surface area (Å²) in [4.78, 5) is 12.3. The van der Waals surface area contributed by atoms with Crippen molar-refractivity contribution in [2.75, 3.05) is 6.61 Å². The zero-order chi connectivity index (χ0) is 17.1. The van der Waals surface area contributed by atoms with E-state index in [1.807, 2.05) is 42.5 Å². The smallest absolute Gasteiger partial charge is 0.328 e. The molecule has 6 heteroatoms. The molecule has 24 heavy (non-hydrogen) atoms. The van der Waals surface area contributed by atoms with Crippen LogP contribution >= 0.6 is 11.6 Å². The highest BCUT2D eigenvalue weighted by Crippen LogP contribution is 2.16. The standard InChI is InChI=1S/C18H19ClN2O3/c1-20-16-8-4-5-9-17(16)21(18(20)23)10-14(22)12-24-11-13-6-2-3-7-15(13)19/h2-9,14,22H,10-12H2,1H3/t14-/m0/s1. The molecule has 5 nitrogen and oxygen atoms in total. The van der Waals surface area contributed by atoms with Gasteiger partial charge in [-0.25, -0.2) is 4.79 Å². The number of hydrogen-bond acceptors (Lipinski definition) is 3. The molecule has 0 radical (unpaired) electrons. The van der Waals surface area contributed by atoms with Gasteiger partial charge in [-0.15, -0.1) is 0 Å². The Bertz CT molecular complexity index is 901. The lowest BCUT2D eigenvalue weighted by Crippen LogP contribution is -2.30. The SMILES string of the molecule is Cn1c(=O)n(C[C@H](O)COCc2ccccc2Cl)c2ccccc21. The molecule has 3 rings (SSSR count). The van der Waals surface area contributed by atoms with Crippen LogP contribution in [0.5, 0.6) is 0 Å². The first-order chi connectivity index (χ1) is 11.6. The summed E-state index contributed by atoms with van der Waals surface area (Å²) in [6, 6.07) is 14.9. The predicted molar refractivity (Wildman–Crippen MR) is 94.3 cm³/mol. The topological polar surface area (TPSA) is 56.4 Å². The molecular weight excluding hydrogens is 328 g/mol. The third-order valence-corrected chi connectivity index (χ3v) is 4.34. The fourth-order valence-corrected chi connectivity index (χ4v) is 2.91. The summed E-state index contributed by atoms with van der Waals surface area (Å²) in [6.45, 7) is 0.630. The third-order valence-electron chi connectivity index (χ3n) is 3.97. The van der Waals surface area contributed by atoms with Crippen molar-refractivity contribution in [1.82, 2.24) is 9.13 Å². The molecule has 0 fully saturated rings. The van der Waals surface area contributed by atoms with Gasteiger partial charge >= 0.3 is 5.69 Å². The van der Waals surface area contributed by atoms with Gasteiger partial charge in [0.25, 0.3) is 0 Å². The second-order valence-electron chi connectivity index (χ2n) is 5.70. The van der Waals surface area contributed by atoms with Crippen molar-refractivity contribution in [3.63, 3.8) is 0 Å². The zero-order valence-corrected chi connectivity index (χ0v) is 14.1. The van der Waals surface area contributed by atoms with Crippen molar-refractivity contribution >= 4 is 22.6 Å². The molecule has 0 spiro atoms. The monoisotopic (exact) mass is 346 g/mol. The van der Waals surface area contributed by atoms with E-state index >= 15 is 0 Å². The molecule has 3 aromatic rings. The lowest BCUT2D eigenvalue weighted by molar-refractivity contribution is 0.0204. The van der Waals surface area contributed by atoms with Gasteiger partial charge < -0.3 is 9.84 Å². The van der Waals surface area contributed by atoms with Crippen LogP contribution in [0.4, 0.5) is 0 Å². The van der Waals surface area contributed by atoms with Crippen molar-refractivity contribution in [3.05, 3.63) is 69.6 Å². The summed E-state index contributed by atoms with van der Waals surface area (Å²) < 4.78 is 8.68. The maximum atomic E-state index is 12.3. The highest BCUT2D eigenvalue weighted by Gasteiger charge is 2.14. The van der Waals surface area contributed by atoms with Gasteiger partial charge in [-0.2, -0.15) is 0 Å². The summed E-state index contributed by atoms with van der Waals surface area (Å²) in [5.74, 6) is 0. The summed E-state index contributed by atoms with van der Waals surface area (Å²) >= 11 is 6.07. The number of nitrogens with zero attached hydrogens (tertiary/aromatic N) is 2. The van der Waals surface area contributed by atoms with Gasteiger partial charge in [0.1, 0.15) is 0 Å². The van der Waals surface area contributed by atoms with E-state index in [1.165, 1.54) is 0 Å². The number of ether oxygens (including phenoxy) is 1. The van der Waals surface area contributed by atoms with Gasteiger partial charge in [0, 0.05) is 12.1 Å². The first kappa shape index (κ1) is 16.8. The van der Waals surface area contributed by atoms with Crippen LogP contribution < -0.4 is 5.69 Å². The van der Waals surface area contributed by atoms with Gasteiger partial charge in [-0.05, 0) is 23.8 Å². The predicted octanol–water partition coefficient (Wildman–Crippen LogP) is 2.57. The van der Waals surface area contributed by atoms with E-state index in [4.69, 9.17) is 16.3 Å². The third kappa shape index (κ3) is 3.38. The van der Waals surface area contributed by atoms with E-state index < -0.39 is 6.10 Å². The van der Waals surface area contributed by atoms with Crippen LogP contribution in [0.2, 0.25) is 5.02 Å². The van der Waals surface area contributed by atoms with Crippen molar-refractivity contribution in [2.45, 2.75) is 19.3 Å². The number of aromatic nitrogens is 2. The molecule has 1 heterocycles. The molecule has 0 aliphatic heterocycles. The number of fused-ring (bicyclic) bond motifs is 1. The van der Waals surface area contributed by atoms with Crippen molar-refractivity contribution in [2.24, 2.45) is 7.05 Å². The number of aryl methyl sites for hydroxylation is 1. The Balaban J connectivity index is 1.65. The van der Waals surface area contributed by atoms with Crippen LogP contribution in [0, 0.1) is 0 Å². The van der Waals surface area contributed by atoms with E-state index in [1.54, 1.807) is 22.2 Å². The van der Waals surface area contributed by atoms with Crippen LogP contribution in [0.3, 0.4) is 0 Å². The second kappa shape index (κ2) is 7.21. The Morgan fingerprint density at radius 1 is 1.12 bits per heavy atom. The number of hydrogen-bond donors (Lipinski definition) is 1. The van der Waals surface area contributed by atoms with Crippen LogP contribution in [0.15, 0.2) is 53.3 Å². The van der Waals surface area contributed by atoms with Gasteiger partial charge in [0.05, 0.1) is 36.9 Å². The van der Waals surface area contributed by atoms with E-state index in [2.05, 4.69) is 0 Å². The minimum Gasteiger partial charge on any atom is -0.389 e. The van der Waals surface area contributed by atoms with E-state index in [0.717, 1.165) is 16.6 Å². The molecule has 1 N–H and O–H groups in total. The molecule has 0 unspecified atom stereocenters. The molecule has 0 saturated carbocycles. The summed E-state index contributed by atoms with van der Waals surface area (Å²) in [5.41, 5.74) is 2.36. The number of rotatable bonds is 6. The van der Waals surface area contributed by atoms with Gasteiger partial charge in [0.2, 0.25) is 0 Å². The Morgan fingerprint density at radius 3 is 2.54 bits per heavy atom.